The average Bonchev–Trinajstić information content (AvgIpc) is 2.09. The van der Waals surface area contributed by atoms with Crippen LogP contribution in [-0.2, 0) is 0 Å². The predicted octanol–water partition coefficient (Wildman–Crippen LogP) is 2.52. The second kappa shape index (κ2) is 4.89. The Bertz CT molecular complexity index is 306. The lowest BCUT2D eigenvalue weighted by molar-refractivity contribution is 0.832. The molecule has 1 rings (SSSR count). The van der Waals surface area contributed by atoms with Gasteiger partial charge in [-0.25, -0.2) is 4.99 Å². The maximum Gasteiger partial charge on any atom is 0.138 e. The van der Waals surface area contributed by atoms with Gasteiger partial charge in [0.15, 0.2) is 0 Å². The Labute approximate surface area is 80.7 Å². The Kier molecular flexibility index (Phi) is 3.75. The fraction of sp³-hybridized carbons (Fsp3) is 0.250. The zero-order valence-corrected chi connectivity index (χ0v) is 7.86. The fourth-order valence-electron chi connectivity index (χ4n) is 0.881. The van der Waals surface area contributed by atoms with Crippen LogP contribution in [0.1, 0.15) is 6.42 Å². The molecule has 1 aliphatic rings. The van der Waals surface area contributed by atoms with Crippen LogP contribution in [0, 0.1) is 10.7 Å². The summed E-state index contributed by atoms with van der Waals surface area (Å²) < 4.78 is 0. The van der Waals surface area contributed by atoms with E-state index in [1.807, 2.05) is 23.6 Å². The summed E-state index contributed by atoms with van der Waals surface area (Å²) >= 11 is 5.65. The number of nitriles is 1. The maximum atomic E-state index is 8.37. The summed E-state index contributed by atoms with van der Waals surface area (Å²) in [6.45, 7) is 0. The first-order chi connectivity index (χ1) is 5.86. The maximum absolute atomic E-state index is 8.37. The van der Waals surface area contributed by atoms with Crippen LogP contribution >= 0.6 is 24.0 Å². The van der Waals surface area contributed by atoms with E-state index in [2.05, 4.69) is 22.4 Å². The fourth-order valence-corrected chi connectivity index (χ4v) is 1.45. The summed E-state index contributed by atoms with van der Waals surface area (Å²) in [7, 11) is 0. The van der Waals surface area contributed by atoms with Gasteiger partial charge in [0.2, 0.25) is 0 Å². The van der Waals surface area contributed by atoms with Crippen LogP contribution in [0.5, 0.6) is 0 Å². The first kappa shape index (κ1) is 9.21. The van der Waals surface area contributed by atoms with Gasteiger partial charge in [0, 0.05) is 4.91 Å². The molecule has 0 spiro atoms. The second-order valence-corrected chi connectivity index (χ2v) is 3.22. The van der Waals surface area contributed by atoms with Gasteiger partial charge in [-0.3, -0.25) is 0 Å². The number of isothiocyanates is 1. The quantitative estimate of drug-likeness (QED) is 0.385. The molecule has 0 saturated heterocycles. The third-order valence-electron chi connectivity index (χ3n) is 1.43. The van der Waals surface area contributed by atoms with Crippen molar-refractivity contribution in [3.8, 4) is 5.40 Å². The standard InChI is InChI=1S/C8H6N2S2/c9-5-12-8-3-1-7(2-4-8)10-6-11/h1,3-4,7H,2H2. The third-order valence-corrected chi connectivity index (χ3v) is 2.16. The topological polar surface area (TPSA) is 36.1 Å². The second-order valence-electron chi connectivity index (χ2n) is 2.18. The molecule has 12 heavy (non-hydrogen) atoms. The van der Waals surface area contributed by atoms with Crippen LogP contribution < -0.4 is 0 Å². The van der Waals surface area contributed by atoms with Crippen molar-refractivity contribution in [2.75, 3.05) is 0 Å². The van der Waals surface area contributed by atoms with E-state index >= 15 is 0 Å². The number of hydrogen-bond acceptors (Lipinski definition) is 4. The van der Waals surface area contributed by atoms with Crippen LogP contribution in [0.2, 0.25) is 0 Å². The Hall–Kier alpha value is -0.880. The highest BCUT2D eigenvalue weighted by atomic mass is 32.2. The molecule has 0 bridgehead atoms. The Morgan fingerprint density at radius 3 is 3.08 bits per heavy atom. The lowest BCUT2D eigenvalue weighted by Gasteiger charge is -2.07. The van der Waals surface area contributed by atoms with E-state index in [0.29, 0.717) is 0 Å². The van der Waals surface area contributed by atoms with Crippen molar-refractivity contribution >= 4 is 29.1 Å². The molecular weight excluding hydrogens is 188 g/mol. The minimum absolute atomic E-state index is 0.116. The van der Waals surface area contributed by atoms with E-state index in [9.17, 15) is 0 Å². The van der Waals surface area contributed by atoms with Gasteiger partial charge in [0.05, 0.1) is 11.2 Å². The molecule has 0 aromatic carbocycles. The highest BCUT2D eigenvalue weighted by Crippen LogP contribution is 2.21. The Balaban J connectivity index is 2.56. The van der Waals surface area contributed by atoms with E-state index in [-0.39, 0.29) is 6.04 Å². The Morgan fingerprint density at radius 2 is 2.58 bits per heavy atom. The van der Waals surface area contributed by atoms with Crippen molar-refractivity contribution in [2.24, 2.45) is 4.99 Å². The number of thiocarbonyl (C=S) groups is 1. The molecule has 0 amide bonds. The number of aliphatic imine (C=N–C) groups is 1. The monoisotopic (exact) mass is 194 g/mol. The van der Waals surface area contributed by atoms with Crippen molar-refractivity contribution in [3.63, 3.8) is 0 Å². The highest BCUT2D eigenvalue weighted by molar-refractivity contribution is 8.07. The zero-order chi connectivity index (χ0) is 8.81. The summed E-state index contributed by atoms with van der Waals surface area (Å²) in [5.41, 5.74) is 0. The molecule has 1 atom stereocenters. The molecular formula is C8H6N2S2. The molecule has 0 N–H and O–H groups in total. The third kappa shape index (κ3) is 2.63. The van der Waals surface area contributed by atoms with Crippen molar-refractivity contribution in [1.29, 1.82) is 5.26 Å². The highest BCUT2D eigenvalue weighted by Gasteiger charge is 2.05. The number of allylic oxidation sites excluding steroid dienone is 1. The molecule has 0 fully saturated rings. The molecule has 0 heterocycles. The van der Waals surface area contributed by atoms with Crippen molar-refractivity contribution in [3.05, 3.63) is 23.1 Å². The number of rotatable bonds is 2. The first-order valence-corrected chi connectivity index (χ1v) is 4.60. The van der Waals surface area contributed by atoms with Crippen LogP contribution in [-0.4, -0.2) is 11.2 Å². The smallest absolute Gasteiger partial charge is 0.138 e. The van der Waals surface area contributed by atoms with Crippen LogP contribution in [0.3, 0.4) is 0 Å². The van der Waals surface area contributed by atoms with E-state index in [0.717, 1.165) is 23.1 Å². The Morgan fingerprint density at radius 1 is 1.75 bits per heavy atom. The number of hydrogen-bond donors (Lipinski definition) is 0. The number of nitrogens with zero attached hydrogens (tertiary/aromatic N) is 2. The summed E-state index contributed by atoms with van der Waals surface area (Å²) in [5.74, 6) is 0. The van der Waals surface area contributed by atoms with Gasteiger partial charge >= 0.3 is 0 Å². The number of thioether (sulfide) groups is 1. The van der Waals surface area contributed by atoms with Crippen LogP contribution in [0.25, 0.3) is 0 Å². The van der Waals surface area contributed by atoms with Gasteiger partial charge in [-0.2, -0.15) is 5.26 Å². The molecule has 0 aliphatic heterocycles. The van der Waals surface area contributed by atoms with Gasteiger partial charge in [-0.15, -0.1) is 0 Å². The molecule has 0 aromatic heterocycles. The van der Waals surface area contributed by atoms with Gasteiger partial charge in [-0.05, 0) is 36.5 Å². The molecule has 4 heteroatoms. The van der Waals surface area contributed by atoms with Crippen molar-refractivity contribution in [2.45, 2.75) is 12.5 Å². The van der Waals surface area contributed by atoms with Crippen LogP contribution in [0.4, 0.5) is 0 Å². The minimum Gasteiger partial charge on any atom is -0.225 e. The molecule has 60 valence electrons. The molecule has 0 aromatic rings. The summed E-state index contributed by atoms with van der Waals surface area (Å²) in [6, 6.07) is 0.116. The summed E-state index contributed by atoms with van der Waals surface area (Å²) in [4.78, 5) is 4.90. The van der Waals surface area contributed by atoms with E-state index in [1.165, 1.54) is 0 Å². The van der Waals surface area contributed by atoms with E-state index in [1.54, 1.807) is 0 Å². The predicted molar refractivity (Wildman–Crippen MR) is 53.9 cm³/mol. The lowest BCUT2D eigenvalue weighted by Crippen LogP contribution is -2.00. The van der Waals surface area contributed by atoms with E-state index < -0.39 is 0 Å². The summed E-state index contributed by atoms with van der Waals surface area (Å²) in [5, 5.41) is 12.7. The van der Waals surface area contributed by atoms with Crippen LogP contribution in [0.15, 0.2) is 28.1 Å². The van der Waals surface area contributed by atoms with E-state index in [4.69, 9.17) is 5.26 Å². The van der Waals surface area contributed by atoms with Crippen molar-refractivity contribution < 1.29 is 0 Å². The lowest BCUT2D eigenvalue weighted by atomic mass is 10.1. The zero-order valence-electron chi connectivity index (χ0n) is 6.23. The molecule has 1 aliphatic carbocycles. The molecule has 2 nitrogen and oxygen atoms in total. The van der Waals surface area contributed by atoms with Gasteiger partial charge < -0.3 is 0 Å². The van der Waals surface area contributed by atoms with Gasteiger partial charge in [0.25, 0.3) is 0 Å². The summed E-state index contributed by atoms with van der Waals surface area (Å²) in [6.07, 6.45) is 6.61. The van der Waals surface area contributed by atoms with Gasteiger partial charge in [0.1, 0.15) is 5.40 Å². The molecule has 0 radical (unpaired) electrons. The molecule has 1 unspecified atom stereocenters. The first-order valence-electron chi connectivity index (χ1n) is 3.38. The minimum atomic E-state index is 0.116. The number of thiocyanates is 1. The SMILES string of the molecule is N#CSC1=CCC(N=C=S)C=C1. The van der Waals surface area contributed by atoms with Gasteiger partial charge in [-0.1, -0.05) is 12.2 Å². The largest absolute Gasteiger partial charge is 0.225 e. The molecule has 0 saturated carbocycles. The normalized spacial score (nSPS) is 20.6. The van der Waals surface area contributed by atoms with Crippen molar-refractivity contribution in [1.82, 2.24) is 0 Å². The average molecular weight is 194 g/mol.